The van der Waals surface area contributed by atoms with Crippen molar-refractivity contribution < 1.29 is 13.2 Å². The van der Waals surface area contributed by atoms with Gasteiger partial charge in [0.05, 0.1) is 15.1 Å². The van der Waals surface area contributed by atoms with E-state index in [4.69, 9.17) is 0 Å². The van der Waals surface area contributed by atoms with E-state index in [1.165, 1.54) is 4.31 Å². The number of anilines is 1. The molecule has 6 nitrogen and oxygen atoms in total. The third kappa shape index (κ3) is 4.29. The van der Waals surface area contributed by atoms with Gasteiger partial charge in [-0.05, 0) is 68.3 Å². The van der Waals surface area contributed by atoms with Gasteiger partial charge in [0, 0.05) is 17.8 Å². The first kappa shape index (κ1) is 21.8. The summed E-state index contributed by atoms with van der Waals surface area (Å²) in [6, 6.07) is 21.5. The summed E-state index contributed by atoms with van der Waals surface area (Å²) in [5.41, 5.74) is 3.55. The molecule has 1 N–H and O–H groups in total. The molecule has 0 spiro atoms. The number of carbonyl (C=O) groups is 1. The fourth-order valence-corrected chi connectivity index (χ4v) is 6.68. The van der Waals surface area contributed by atoms with Crippen molar-refractivity contribution >= 4 is 43.2 Å². The van der Waals surface area contributed by atoms with Crippen LogP contribution < -0.4 is 5.32 Å². The number of fused-ring (bicyclic) bond motifs is 1. The molecule has 3 aromatic carbocycles. The zero-order valence-corrected chi connectivity index (χ0v) is 19.7. The largest absolute Gasteiger partial charge is 0.325 e. The molecule has 0 aliphatic carbocycles. The van der Waals surface area contributed by atoms with Crippen LogP contribution in [-0.2, 0) is 14.8 Å². The molecule has 2 heterocycles. The van der Waals surface area contributed by atoms with E-state index in [0.29, 0.717) is 25.1 Å². The monoisotopic (exact) mass is 477 g/mol. The van der Waals surface area contributed by atoms with Gasteiger partial charge in [-0.3, -0.25) is 4.79 Å². The Kier molecular flexibility index (Phi) is 5.74. The van der Waals surface area contributed by atoms with E-state index in [2.05, 4.69) is 10.3 Å². The van der Waals surface area contributed by atoms with Gasteiger partial charge in [0.15, 0.2) is 0 Å². The lowest BCUT2D eigenvalue weighted by Gasteiger charge is -2.23. The Bertz CT molecular complexity index is 1380. The number of para-hydroxylation sites is 1. The lowest BCUT2D eigenvalue weighted by atomic mass is 10.2. The second kappa shape index (κ2) is 8.70. The summed E-state index contributed by atoms with van der Waals surface area (Å²) in [4.78, 5) is 17.9. The van der Waals surface area contributed by atoms with Crippen LogP contribution in [0.4, 0.5) is 5.69 Å². The van der Waals surface area contributed by atoms with Gasteiger partial charge in [-0.25, -0.2) is 13.4 Å². The molecule has 8 heteroatoms. The highest BCUT2D eigenvalue weighted by molar-refractivity contribution is 7.89. The van der Waals surface area contributed by atoms with Gasteiger partial charge in [-0.1, -0.05) is 29.8 Å². The van der Waals surface area contributed by atoms with E-state index in [0.717, 1.165) is 26.4 Å². The number of nitrogens with one attached hydrogen (secondary N) is 1. The Balaban J connectivity index is 1.32. The van der Waals surface area contributed by atoms with Gasteiger partial charge in [0.1, 0.15) is 11.0 Å². The molecule has 33 heavy (non-hydrogen) atoms. The van der Waals surface area contributed by atoms with Gasteiger partial charge in [0.25, 0.3) is 0 Å². The highest BCUT2D eigenvalue weighted by Gasteiger charge is 2.39. The number of amides is 1. The molecule has 1 atom stereocenters. The van der Waals surface area contributed by atoms with Gasteiger partial charge < -0.3 is 5.32 Å². The van der Waals surface area contributed by atoms with Crippen molar-refractivity contribution in [2.75, 3.05) is 11.9 Å². The smallest absolute Gasteiger partial charge is 0.243 e. The SMILES string of the molecule is Cc1ccc(S(=O)(=O)N2CCC[C@H]2C(=O)Nc2ccc(-c3nc4ccccc4s3)cc2)cc1. The van der Waals surface area contributed by atoms with Crippen LogP contribution in [0.2, 0.25) is 0 Å². The normalized spacial score (nSPS) is 16.8. The van der Waals surface area contributed by atoms with Crippen molar-refractivity contribution in [1.29, 1.82) is 0 Å². The van der Waals surface area contributed by atoms with Crippen molar-refractivity contribution in [3.8, 4) is 10.6 Å². The van der Waals surface area contributed by atoms with Crippen LogP contribution in [0.3, 0.4) is 0 Å². The van der Waals surface area contributed by atoms with E-state index >= 15 is 0 Å². The maximum Gasteiger partial charge on any atom is 0.243 e. The van der Waals surface area contributed by atoms with Crippen molar-refractivity contribution in [3.05, 3.63) is 78.4 Å². The number of sulfonamides is 1. The van der Waals surface area contributed by atoms with Gasteiger partial charge >= 0.3 is 0 Å². The standard InChI is InChI=1S/C25H23N3O3S2/c1-17-8-14-20(15-9-17)33(30,31)28-16-4-6-22(28)24(29)26-19-12-10-18(11-13-19)25-27-21-5-2-3-7-23(21)32-25/h2-3,5,7-15,22H,4,6,16H2,1H3,(H,26,29)/t22-/m0/s1. The number of nitrogens with zero attached hydrogens (tertiary/aromatic N) is 2. The first-order valence-corrected chi connectivity index (χ1v) is 13.0. The molecule has 168 valence electrons. The molecule has 1 aliphatic heterocycles. The van der Waals surface area contributed by atoms with Gasteiger partial charge in [-0.2, -0.15) is 4.31 Å². The fourth-order valence-electron chi connectivity index (χ4n) is 4.05. The van der Waals surface area contributed by atoms with E-state index in [9.17, 15) is 13.2 Å². The lowest BCUT2D eigenvalue weighted by molar-refractivity contribution is -0.119. The number of rotatable bonds is 5. The Morgan fingerprint density at radius 2 is 1.76 bits per heavy atom. The third-order valence-corrected chi connectivity index (χ3v) is 8.84. The average Bonchev–Trinajstić information content (AvgIpc) is 3.48. The van der Waals surface area contributed by atoms with Crippen LogP contribution in [-0.4, -0.2) is 36.2 Å². The number of carbonyl (C=O) groups excluding carboxylic acids is 1. The van der Waals surface area contributed by atoms with E-state index < -0.39 is 16.1 Å². The van der Waals surface area contributed by atoms with Crippen LogP contribution in [0.1, 0.15) is 18.4 Å². The minimum Gasteiger partial charge on any atom is -0.325 e. The number of hydrogen-bond donors (Lipinski definition) is 1. The summed E-state index contributed by atoms with van der Waals surface area (Å²) in [6.07, 6.45) is 1.15. The van der Waals surface area contributed by atoms with Crippen LogP contribution >= 0.6 is 11.3 Å². The molecule has 1 saturated heterocycles. The first-order chi connectivity index (χ1) is 15.9. The van der Waals surface area contributed by atoms with Crippen molar-refractivity contribution in [1.82, 2.24) is 9.29 Å². The van der Waals surface area contributed by atoms with Crippen molar-refractivity contribution in [2.24, 2.45) is 0 Å². The minimum absolute atomic E-state index is 0.216. The first-order valence-electron chi connectivity index (χ1n) is 10.8. The van der Waals surface area contributed by atoms with Crippen molar-refractivity contribution in [3.63, 3.8) is 0 Å². The zero-order chi connectivity index (χ0) is 23.0. The summed E-state index contributed by atoms with van der Waals surface area (Å²) in [5.74, 6) is -0.309. The van der Waals surface area contributed by atoms with Crippen LogP contribution in [0, 0.1) is 6.92 Å². The molecule has 1 aliphatic rings. The molecular weight excluding hydrogens is 454 g/mol. The maximum atomic E-state index is 13.1. The Labute approximate surface area is 197 Å². The second-order valence-electron chi connectivity index (χ2n) is 8.14. The molecule has 5 rings (SSSR count). The molecule has 1 aromatic heterocycles. The lowest BCUT2D eigenvalue weighted by Crippen LogP contribution is -2.43. The summed E-state index contributed by atoms with van der Waals surface area (Å²) in [6.45, 7) is 2.25. The summed E-state index contributed by atoms with van der Waals surface area (Å²) >= 11 is 1.62. The molecule has 0 bridgehead atoms. The van der Waals surface area contributed by atoms with Crippen molar-refractivity contribution in [2.45, 2.75) is 30.7 Å². The molecular formula is C25H23N3O3S2. The van der Waals surface area contributed by atoms with Gasteiger partial charge in [-0.15, -0.1) is 11.3 Å². The summed E-state index contributed by atoms with van der Waals surface area (Å²) < 4.78 is 28.7. The highest BCUT2D eigenvalue weighted by atomic mass is 32.2. The van der Waals surface area contributed by atoms with E-state index in [-0.39, 0.29) is 10.8 Å². The predicted molar refractivity (Wildman–Crippen MR) is 132 cm³/mol. The quantitative estimate of drug-likeness (QED) is 0.436. The Hall–Kier alpha value is -3.07. The molecule has 0 unspecified atom stereocenters. The fraction of sp³-hybridized carbons (Fsp3) is 0.200. The summed E-state index contributed by atoms with van der Waals surface area (Å²) in [5, 5.41) is 3.81. The molecule has 0 saturated carbocycles. The number of benzene rings is 3. The number of aryl methyl sites for hydroxylation is 1. The van der Waals surface area contributed by atoms with Crippen LogP contribution in [0.15, 0.2) is 77.7 Å². The Morgan fingerprint density at radius 3 is 2.48 bits per heavy atom. The average molecular weight is 478 g/mol. The molecule has 4 aromatic rings. The maximum absolute atomic E-state index is 13.1. The zero-order valence-electron chi connectivity index (χ0n) is 18.1. The second-order valence-corrected chi connectivity index (χ2v) is 11.1. The van der Waals surface area contributed by atoms with E-state index in [1.54, 1.807) is 35.6 Å². The number of hydrogen-bond acceptors (Lipinski definition) is 5. The van der Waals surface area contributed by atoms with Gasteiger partial charge in [0.2, 0.25) is 15.9 Å². The Morgan fingerprint density at radius 1 is 1.03 bits per heavy atom. The third-order valence-electron chi connectivity index (χ3n) is 5.83. The number of aromatic nitrogens is 1. The molecule has 1 amide bonds. The van der Waals surface area contributed by atoms with Crippen LogP contribution in [0.25, 0.3) is 20.8 Å². The highest BCUT2D eigenvalue weighted by Crippen LogP contribution is 2.31. The minimum atomic E-state index is -3.73. The van der Waals surface area contributed by atoms with E-state index in [1.807, 2.05) is 55.5 Å². The number of thiazole rings is 1. The molecule has 0 radical (unpaired) electrons. The topological polar surface area (TPSA) is 79.4 Å². The summed E-state index contributed by atoms with van der Waals surface area (Å²) in [7, 11) is -3.73. The predicted octanol–water partition coefficient (Wildman–Crippen LogP) is 5.06. The molecule has 1 fully saturated rings. The van der Waals surface area contributed by atoms with Crippen LogP contribution in [0.5, 0.6) is 0 Å².